The number of hydrogen-bond acceptors (Lipinski definition) is 2. The Bertz CT molecular complexity index is 677. The van der Waals surface area contributed by atoms with Crippen molar-refractivity contribution >= 4 is 10.8 Å². The molecule has 0 saturated carbocycles. The third kappa shape index (κ3) is 1.77. The molecule has 1 heterocycles. The van der Waals surface area contributed by atoms with E-state index >= 15 is 0 Å². The summed E-state index contributed by atoms with van der Waals surface area (Å²) in [5.41, 5.74) is 2.92. The Balaban J connectivity index is 2.32. The topological polar surface area (TPSA) is 33.1 Å². The number of fused-ring (bicyclic) bond motifs is 1. The van der Waals surface area contributed by atoms with Crippen LogP contribution in [0.25, 0.3) is 22.0 Å². The molecule has 0 aliphatic carbocycles. The molecule has 3 rings (SSSR count). The van der Waals surface area contributed by atoms with Gasteiger partial charge in [0.25, 0.3) is 0 Å². The van der Waals surface area contributed by atoms with E-state index in [2.05, 4.69) is 4.98 Å². The molecule has 0 bridgehead atoms. The molecular weight excluding hydrogens is 222 g/mol. The molecule has 0 unspecified atom stereocenters. The quantitative estimate of drug-likeness (QED) is 0.738. The molecule has 0 fully saturated rings. The van der Waals surface area contributed by atoms with E-state index in [4.69, 9.17) is 0 Å². The van der Waals surface area contributed by atoms with Crippen LogP contribution in [0.2, 0.25) is 0 Å². The molecule has 0 spiro atoms. The van der Waals surface area contributed by atoms with Gasteiger partial charge in [-0.25, -0.2) is 0 Å². The first kappa shape index (κ1) is 10.9. The summed E-state index contributed by atoms with van der Waals surface area (Å²) in [4.78, 5) is 4.49. The SMILES string of the molecule is OCc1cnc(-c2ccccc2)c2ccccc12. The van der Waals surface area contributed by atoms with Crippen LogP contribution in [0.3, 0.4) is 0 Å². The summed E-state index contributed by atoms with van der Waals surface area (Å²) >= 11 is 0. The molecule has 2 nitrogen and oxygen atoms in total. The van der Waals surface area contributed by atoms with Gasteiger partial charge < -0.3 is 5.11 Å². The molecule has 0 aliphatic heterocycles. The van der Waals surface area contributed by atoms with E-state index in [0.29, 0.717) is 0 Å². The van der Waals surface area contributed by atoms with E-state index in [0.717, 1.165) is 27.6 Å². The average molecular weight is 235 g/mol. The van der Waals surface area contributed by atoms with Crippen LogP contribution in [0.4, 0.5) is 0 Å². The highest BCUT2D eigenvalue weighted by Crippen LogP contribution is 2.28. The zero-order valence-electron chi connectivity index (χ0n) is 9.88. The lowest BCUT2D eigenvalue weighted by Crippen LogP contribution is -1.92. The second kappa shape index (κ2) is 4.59. The van der Waals surface area contributed by atoms with Crippen LogP contribution >= 0.6 is 0 Å². The molecule has 1 N–H and O–H groups in total. The summed E-state index contributed by atoms with van der Waals surface area (Å²) < 4.78 is 0. The Morgan fingerprint density at radius 3 is 2.22 bits per heavy atom. The third-order valence-corrected chi connectivity index (χ3v) is 3.10. The summed E-state index contributed by atoms with van der Waals surface area (Å²) in [5.74, 6) is 0. The van der Waals surface area contributed by atoms with Crippen molar-refractivity contribution in [2.75, 3.05) is 0 Å². The molecule has 18 heavy (non-hydrogen) atoms. The normalized spacial score (nSPS) is 10.7. The zero-order chi connectivity index (χ0) is 12.4. The zero-order valence-corrected chi connectivity index (χ0v) is 9.88. The molecule has 0 radical (unpaired) electrons. The number of rotatable bonds is 2. The van der Waals surface area contributed by atoms with Crippen molar-refractivity contribution in [2.24, 2.45) is 0 Å². The van der Waals surface area contributed by atoms with E-state index in [1.807, 2.05) is 54.6 Å². The van der Waals surface area contributed by atoms with E-state index in [9.17, 15) is 5.11 Å². The maximum Gasteiger partial charge on any atom is 0.0780 e. The van der Waals surface area contributed by atoms with Crippen LogP contribution in [-0.4, -0.2) is 10.1 Å². The van der Waals surface area contributed by atoms with Gasteiger partial charge in [0.2, 0.25) is 0 Å². The molecule has 2 heteroatoms. The van der Waals surface area contributed by atoms with Crippen molar-refractivity contribution in [3.05, 3.63) is 66.4 Å². The van der Waals surface area contributed by atoms with Crippen molar-refractivity contribution in [1.82, 2.24) is 4.98 Å². The van der Waals surface area contributed by atoms with Gasteiger partial charge in [-0.05, 0) is 5.39 Å². The number of hydrogen-bond donors (Lipinski definition) is 1. The van der Waals surface area contributed by atoms with Crippen LogP contribution in [0.1, 0.15) is 5.56 Å². The monoisotopic (exact) mass is 235 g/mol. The lowest BCUT2D eigenvalue weighted by atomic mass is 10.0. The average Bonchev–Trinajstić information content (AvgIpc) is 2.47. The van der Waals surface area contributed by atoms with Gasteiger partial charge in [0.1, 0.15) is 0 Å². The van der Waals surface area contributed by atoms with Gasteiger partial charge in [-0.15, -0.1) is 0 Å². The van der Waals surface area contributed by atoms with E-state index < -0.39 is 0 Å². The summed E-state index contributed by atoms with van der Waals surface area (Å²) in [6.45, 7) is 0.0165. The second-order valence-electron chi connectivity index (χ2n) is 4.20. The maximum atomic E-state index is 9.36. The van der Waals surface area contributed by atoms with Crippen molar-refractivity contribution in [3.63, 3.8) is 0 Å². The van der Waals surface area contributed by atoms with Crippen LogP contribution in [0, 0.1) is 0 Å². The predicted molar refractivity (Wildman–Crippen MR) is 73.1 cm³/mol. The lowest BCUT2D eigenvalue weighted by Gasteiger charge is -2.08. The van der Waals surface area contributed by atoms with Crippen molar-refractivity contribution in [2.45, 2.75) is 6.61 Å². The molecule has 0 aliphatic rings. The molecule has 1 aromatic heterocycles. The Hall–Kier alpha value is -2.19. The summed E-state index contributed by atoms with van der Waals surface area (Å²) in [6, 6.07) is 18.2. The van der Waals surface area contributed by atoms with Gasteiger partial charge in [-0.1, -0.05) is 54.6 Å². The van der Waals surface area contributed by atoms with E-state index in [-0.39, 0.29) is 6.61 Å². The number of aromatic nitrogens is 1. The summed E-state index contributed by atoms with van der Waals surface area (Å²) in [6.07, 6.45) is 1.75. The minimum atomic E-state index is 0.0165. The van der Waals surface area contributed by atoms with Crippen LogP contribution in [0.15, 0.2) is 60.8 Å². The number of aliphatic hydroxyl groups is 1. The first-order valence-corrected chi connectivity index (χ1v) is 5.93. The summed E-state index contributed by atoms with van der Waals surface area (Å²) in [5, 5.41) is 11.5. The Labute approximate surface area is 106 Å². The largest absolute Gasteiger partial charge is 0.392 e. The Morgan fingerprint density at radius 1 is 0.833 bits per heavy atom. The van der Waals surface area contributed by atoms with Gasteiger partial charge in [0, 0.05) is 22.7 Å². The van der Waals surface area contributed by atoms with E-state index in [1.165, 1.54) is 0 Å². The van der Waals surface area contributed by atoms with Gasteiger partial charge in [-0.2, -0.15) is 0 Å². The van der Waals surface area contributed by atoms with Gasteiger partial charge in [0.15, 0.2) is 0 Å². The van der Waals surface area contributed by atoms with Gasteiger partial charge in [0.05, 0.1) is 12.3 Å². The van der Waals surface area contributed by atoms with Crippen molar-refractivity contribution < 1.29 is 5.11 Å². The maximum absolute atomic E-state index is 9.36. The first-order chi connectivity index (χ1) is 8.90. The van der Waals surface area contributed by atoms with Crippen molar-refractivity contribution in [3.8, 4) is 11.3 Å². The number of aliphatic hydroxyl groups excluding tert-OH is 1. The van der Waals surface area contributed by atoms with Crippen LogP contribution in [0.5, 0.6) is 0 Å². The fraction of sp³-hybridized carbons (Fsp3) is 0.0625. The molecule has 0 saturated heterocycles. The van der Waals surface area contributed by atoms with Crippen LogP contribution < -0.4 is 0 Å². The molecule has 3 aromatic rings. The minimum Gasteiger partial charge on any atom is -0.392 e. The molecule has 88 valence electrons. The van der Waals surface area contributed by atoms with Crippen LogP contribution in [-0.2, 0) is 6.61 Å². The van der Waals surface area contributed by atoms with Crippen molar-refractivity contribution in [1.29, 1.82) is 0 Å². The van der Waals surface area contributed by atoms with Gasteiger partial charge in [-0.3, -0.25) is 4.98 Å². The Morgan fingerprint density at radius 2 is 1.50 bits per heavy atom. The summed E-state index contributed by atoms with van der Waals surface area (Å²) in [7, 11) is 0. The highest BCUT2D eigenvalue weighted by molar-refractivity contribution is 5.96. The fourth-order valence-electron chi connectivity index (χ4n) is 2.20. The number of nitrogens with zero attached hydrogens (tertiary/aromatic N) is 1. The molecule has 0 amide bonds. The highest BCUT2D eigenvalue weighted by atomic mass is 16.3. The number of pyridine rings is 1. The lowest BCUT2D eigenvalue weighted by molar-refractivity contribution is 0.283. The highest BCUT2D eigenvalue weighted by Gasteiger charge is 2.07. The second-order valence-corrected chi connectivity index (χ2v) is 4.20. The first-order valence-electron chi connectivity index (χ1n) is 5.93. The standard InChI is InChI=1S/C16H13NO/c18-11-13-10-17-16(12-6-2-1-3-7-12)15-9-5-4-8-14(13)15/h1-10,18H,11H2. The predicted octanol–water partition coefficient (Wildman–Crippen LogP) is 3.39. The molecule has 0 atom stereocenters. The fourth-order valence-corrected chi connectivity index (χ4v) is 2.20. The minimum absolute atomic E-state index is 0.0165. The molecular formula is C16H13NO. The Kier molecular flexibility index (Phi) is 2.79. The number of benzene rings is 2. The van der Waals surface area contributed by atoms with Gasteiger partial charge >= 0.3 is 0 Å². The van der Waals surface area contributed by atoms with E-state index in [1.54, 1.807) is 6.20 Å². The smallest absolute Gasteiger partial charge is 0.0780 e. The molecule has 2 aromatic carbocycles. The third-order valence-electron chi connectivity index (χ3n) is 3.10.